The third-order valence-electron chi connectivity index (χ3n) is 12.9. The molecule has 2 nitrogen and oxygen atoms in total. The third kappa shape index (κ3) is 3.95. The Morgan fingerprint density at radius 1 is 0.393 bits per heavy atom. The van der Waals surface area contributed by atoms with Gasteiger partial charge in [0.2, 0.25) is 0 Å². The Hall–Kier alpha value is -7.16. The van der Waals surface area contributed by atoms with E-state index in [9.17, 15) is 0 Å². The van der Waals surface area contributed by atoms with Gasteiger partial charge in [0.15, 0.2) is 0 Å². The molecule has 0 bridgehead atoms. The molecule has 260 valence electrons. The molecule has 0 fully saturated rings. The smallest absolute Gasteiger partial charge is 0.0635 e. The molecule has 2 unspecified atom stereocenters. The van der Waals surface area contributed by atoms with Crippen LogP contribution in [-0.2, 0) is 0 Å². The lowest BCUT2D eigenvalue weighted by Gasteiger charge is -2.32. The minimum absolute atomic E-state index is 0.224. The van der Waals surface area contributed by atoms with E-state index in [-0.39, 0.29) is 12.0 Å². The second-order valence-electron chi connectivity index (χ2n) is 15.6. The highest BCUT2D eigenvalue weighted by Gasteiger charge is 2.41. The van der Waals surface area contributed by atoms with E-state index in [0.717, 1.165) is 0 Å². The molecule has 0 N–H and O–H groups in total. The van der Waals surface area contributed by atoms with E-state index in [2.05, 4.69) is 204 Å². The number of rotatable bonds is 3. The van der Waals surface area contributed by atoms with Crippen LogP contribution in [-0.4, -0.2) is 10.6 Å². The zero-order chi connectivity index (χ0) is 36.5. The van der Waals surface area contributed by atoms with Crippen LogP contribution in [0.2, 0.25) is 0 Å². The van der Waals surface area contributed by atoms with E-state index in [0.29, 0.717) is 0 Å². The number of benzene rings is 9. The molecular formula is C54H34N2. The van der Waals surface area contributed by atoms with Crippen LogP contribution >= 0.6 is 0 Å². The van der Waals surface area contributed by atoms with Crippen LogP contribution in [0.3, 0.4) is 0 Å². The molecule has 0 saturated heterocycles. The fourth-order valence-corrected chi connectivity index (χ4v) is 10.6. The first-order valence-corrected chi connectivity index (χ1v) is 19.7. The average molecular weight is 711 g/mol. The van der Waals surface area contributed by atoms with Crippen molar-refractivity contribution in [2.24, 2.45) is 0 Å². The van der Waals surface area contributed by atoms with Crippen LogP contribution in [0.1, 0.15) is 22.6 Å². The lowest BCUT2D eigenvalue weighted by Crippen LogP contribution is -2.30. The summed E-state index contributed by atoms with van der Waals surface area (Å²) in [4.78, 5) is 2.52. The van der Waals surface area contributed by atoms with E-state index in [1.54, 1.807) is 0 Å². The first-order chi connectivity index (χ1) is 27.8. The standard InChI is InChI=1S/C54H34N2/c1-2-11-34(12-3-1)55-50-20-9-7-16-48(50)53-45-28-30-46-40(39(45)31-32-51(53)55)26-29-47-41-15-6-8-19-49(41)56(54(46)47)35-23-21-33(22-24-35)36-25-27-44-38-14-5-4-13-37(38)43-18-10-17-42(36)52(43)44/h1-32,51,53H. The van der Waals surface area contributed by atoms with E-state index >= 15 is 0 Å². The van der Waals surface area contributed by atoms with Crippen molar-refractivity contribution < 1.29 is 0 Å². The number of anilines is 2. The Morgan fingerprint density at radius 3 is 1.93 bits per heavy atom. The van der Waals surface area contributed by atoms with E-state index in [4.69, 9.17) is 0 Å². The molecule has 2 aliphatic carbocycles. The highest BCUT2D eigenvalue weighted by Crippen LogP contribution is 2.53. The fraction of sp³-hybridized carbons (Fsp3) is 0.0370. The molecule has 1 aliphatic heterocycles. The van der Waals surface area contributed by atoms with Gasteiger partial charge in [0.1, 0.15) is 0 Å². The van der Waals surface area contributed by atoms with Crippen LogP contribution in [0.25, 0.3) is 88.5 Å². The number of hydrogen-bond donors (Lipinski definition) is 0. The maximum atomic E-state index is 2.52. The Balaban J connectivity index is 0.974. The second kappa shape index (κ2) is 11.2. The maximum absolute atomic E-state index is 2.52. The van der Waals surface area contributed by atoms with Crippen molar-refractivity contribution >= 4 is 60.8 Å². The van der Waals surface area contributed by atoms with Gasteiger partial charge in [-0.1, -0.05) is 158 Å². The zero-order valence-corrected chi connectivity index (χ0v) is 30.5. The van der Waals surface area contributed by atoms with Crippen LogP contribution in [0, 0.1) is 0 Å². The summed E-state index contributed by atoms with van der Waals surface area (Å²) in [6.07, 6.45) is 4.83. The Morgan fingerprint density at radius 2 is 1.05 bits per heavy atom. The third-order valence-corrected chi connectivity index (χ3v) is 12.9. The van der Waals surface area contributed by atoms with Crippen molar-refractivity contribution in [2.75, 3.05) is 4.90 Å². The largest absolute Gasteiger partial charge is 0.333 e. The van der Waals surface area contributed by atoms with Gasteiger partial charge in [0, 0.05) is 39.1 Å². The molecule has 2 atom stereocenters. The summed E-state index contributed by atoms with van der Waals surface area (Å²) in [6.45, 7) is 0. The summed E-state index contributed by atoms with van der Waals surface area (Å²) >= 11 is 0. The van der Waals surface area contributed by atoms with Gasteiger partial charge in [-0.25, -0.2) is 0 Å². The van der Waals surface area contributed by atoms with E-state index in [1.807, 2.05) is 0 Å². The van der Waals surface area contributed by atoms with Gasteiger partial charge in [-0.2, -0.15) is 0 Å². The first kappa shape index (κ1) is 30.2. The minimum atomic E-state index is 0.224. The summed E-state index contributed by atoms with van der Waals surface area (Å²) in [7, 11) is 0. The normalized spacial score (nSPS) is 16.1. The van der Waals surface area contributed by atoms with E-state index < -0.39 is 0 Å². The summed E-state index contributed by atoms with van der Waals surface area (Å²) < 4.78 is 2.49. The lowest BCUT2D eigenvalue weighted by atomic mass is 9.79. The van der Waals surface area contributed by atoms with Gasteiger partial charge >= 0.3 is 0 Å². The Labute approximate surface area is 324 Å². The Kier molecular flexibility index (Phi) is 6.04. The lowest BCUT2D eigenvalue weighted by molar-refractivity contribution is 0.726. The molecule has 0 radical (unpaired) electrons. The molecule has 56 heavy (non-hydrogen) atoms. The maximum Gasteiger partial charge on any atom is 0.0635 e. The number of hydrogen-bond acceptors (Lipinski definition) is 1. The topological polar surface area (TPSA) is 8.17 Å². The van der Waals surface area contributed by atoms with Gasteiger partial charge in [0.05, 0.1) is 17.1 Å². The number of aromatic nitrogens is 1. The minimum Gasteiger partial charge on any atom is -0.333 e. The molecule has 2 heterocycles. The summed E-state index contributed by atoms with van der Waals surface area (Å²) in [5.74, 6) is 0.255. The highest BCUT2D eigenvalue weighted by atomic mass is 15.2. The Bertz CT molecular complexity index is 3280. The SMILES string of the molecule is C1=CC2C(c3ccccc3N2c2ccccc2)c2ccc3c(ccc4c5ccccc5n(-c5ccc(-c6ccc7c8c(cccc68)-c6ccccc6-7)cc5)c34)c21. The monoisotopic (exact) mass is 710 g/mol. The zero-order valence-electron chi connectivity index (χ0n) is 30.5. The quantitative estimate of drug-likeness (QED) is 0.177. The molecule has 10 aromatic rings. The first-order valence-electron chi connectivity index (χ1n) is 19.7. The summed E-state index contributed by atoms with van der Waals surface area (Å²) in [6, 6.07) is 67.9. The van der Waals surface area contributed by atoms with Crippen molar-refractivity contribution in [1.29, 1.82) is 0 Å². The van der Waals surface area contributed by atoms with Crippen molar-refractivity contribution in [3.05, 3.63) is 205 Å². The van der Waals surface area contributed by atoms with E-state index in [1.165, 1.54) is 110 Å². The van der Waals surface area contributed by atoms with Gasteiger partial charge in [-0.3, -0.25) is 0 Å². The molecule has 3 aliphatic rings. The average Bonchev–Trinajstić information content (AvgIpc) is 3.91. The number of fused-ring (bicyclic) bond motifs is 14. The van der Waals surface area contributed by atoms with Crippen molar-refractivity contribution in [3.63, 3.8) is 0 Å². The molecule has 9 aromatic carbocycles. The molecule has 2 heteroatoms. The molecule has 1 aromatic heterocycles. The molecule has 13 rings (SSSR count). The van der Waals surface area contributed by atoms with Crippen LogP contribution in [0.15, 0.2) is 188 Å². The molecule has 0 saturated carbocycles. The van der Waals surface area contributed by atoms with Gasteiger partial charge < -0.3 is 9.47 Å². The second-order valence-corrected chi connectivity index (χ2v) is 15.6. The molecule has 0 amide bonds. The summed E-state index contributed by atoms with van der Waals surface area (Å²) in [5.41, 5.74) is 18.1. The molecular weight excluding hydrogens is 677 g/mol. The van der Waals surface area contributed by atoms with Crippen LogP contribution in [0.5, 0.6) is 0 Å². The van der Waals surface area contributed by atoms with Crippen LogP contribution < -0.4 is 4.90 Å². The van der Waals surface area contributed by atoms with Gasteiger partial charge in [-0.15, -0.1) is 0 Å². The number of nitrogens with zero attached hydrogens (tertiary/aromatic N) is 2. The van der Waals surface area contributed by atoms with Crippen molar-refractivity contribution in [1.82, 2.24) is 4.57 Å². The van der Waals surface area contributed by atoms with Crippen molar-refractivity contribution in [3.8, 4) is 39.1 Å². The summed E-state index contributed by atoms with van der Waals surface area (Å²) in [5, 5.41) is 7.81. The number of para-hydroxylation sites is 3. The fourth-order valence-electron chi connectivity index (χ4n) is 10.6. The molecule has 0 spiro atoms. The van der Waals surface area contributed by atoms with Crippen LogP contribution in [0.4, 0.5) is 11.4 Å². The predicted octanol–water partition coefficient (Wildman–Crippen LogP) is 14.1. The predicted molar refractivity (Wildman–Crippen MR) is 235 cm³/mol. The van der Waals surface area contributed by atoms with Gasteiger partial charge in [-0.05, 0) is 103 Å². The van der Waals surface area contributed by atoms with Crippen molar-refractivity contribution in [2.45, 2.75) is 12.0 Å². The highest BCUT2D eigenvalue weighted by molar-refractivity contribution is 6.21. The van der Waals surface area contributed by atoms with Gasteiger partial charge in [0.25, 0.3) is 0 Å².